The van der Waals surface area contributed by atoms with E-state index in [0.717, 1.165) is 18.7 Å². The number of hydrogen-bond acceptors (Lipinski definition) is 3. The summed E-state index contributed by atoms with van der Waals surface area (Å²) in [7, 11) is 0. The fourth-order valence-corrected chi connectivity index (χ4v) is 1.89. The highest BCUT2D eigenvalue weighted by Gasteiger charge is 2.04. The lowest BCUT2D eigenvalue weighted by atomic mass is 10.1. The Morgan fingerprint density at radius 3 is 2.37 bits per heavy atom. The number of nitrogens with two attached hydrogens (primary N) is 1. The van der Waals surface area contributed by atoms with Crippen molar-refractivity contribution in [3.8, 4) is 0 Å². The molecule has 0 aliphatic carbocycles. The summed E-state index contributed by atoms with van der Waals surface area (Å²) in [6, 6.07) is 7.71. The van der Waals surface area contributed by atoms with Gasteiger partial charge in [0.1, 0.15) is 0 Å². The molecule has 4 heteroatoms. The zero-order chi connectivity index (χ0) is 14.3. The summed E-state index contributed by atoms with van der Waals surface area (Å²) in [5.74, 6) is -0.881. The van der Waals surface area contributed by atoms with Gasteiger partial charge in [-0.2, -0.15) is 0 Å². The molecule has 1 aromatic carbocycles. The second kappa shape index (κ2) is 7.59. The highest BCUT2D eigenvalue weighted by molar-refractivity contribution is 5.68. The van der Waals surface area contributed by atoms with Crippen LogP contribution in [0.4, 0.5) is 5.69 Å². The number of benzene rings is 1. The molecule has 3 N–H and O–H groups in total. The number of carbonyl (C=O) groups is 1. The van der Waals surface area contributed by atoms with Gasteiger partial charge in [0.2, 0.25) is 0 Å². The molecule has 19 heavy (non-hydrogen) atoms. The second-order valence-electron chi connectivity index (χ2n) is 4.38. The van der Waals surface area contributed by atoms with Gasteiger partial charge in [0.15, 0.2) is 0 Å². The van der Waals surface area contributed by atoms with Gasteiger partial charge in [0.05, 0.1) is 6.42 Å². The van der Waals surface area contributed by atoms with Gasteiger partial charge in [-0.05, 0) is 31.5 Å². The molecule has 1 rings (SSSR count). The number of carboxylic acids is 1. The van der Waals surface area contributed by atoms with Crippen LogP contribution in [0.15, 0.2) is 30.3 Å². The predicted octanol–water partition coefficient (Wildman–Crippen LogP) is 2.35. The molecule has 4 nitrogen and oxygen atoms in total. The summed E-state index contributed by atoms with van der Waals surface area (Å²) in [4.78, 5) is 12.8. The molecular formula is C15H22N2O2. The third-order valence-electron chi connectivity index (χ3n) is 2.97. The van der Waals surface area contributed by atoms with Gasteiger partial charge in [-0.3, -0.25) is 4.79 Å². The number of nitrogens with zero attached hydrogens (tertiary/aromatic N) is 1. The molecule has 0 radical (unpaired) electrons. The molecule has 0 spiro atoms. The first-order valence-corrected chi connectivity index (χ1v) is 6.57. The van der Waals surface area contributed by atoms with Gasteiger partial charge in [-0.25, -0.2) is 0 Å². The van der Waals surface area contributed by atoms with Crippen molar-refractivity contribution in [1.82, 2.24) is 0 Å². The first-order valence-electron chi connectivity index (χ1n) is 6.57. The van der Waals surface area contributed by atoms with Gasteiger partial charge in [-0.1, -0.05) is 24.3 Å². The van der Waals surface area contributed by atoms with Crippen molar-refractivity contribution in [2.75, 3.05) is 18.0 Å². The lowest BCUT2D eigenvalue weighted by Crippen LogP contribution is -2.21. The van der Waals surface area contributed by atoms with Crippen LogP contribution in [0.5, 0.6) is 0 Å². The molecule has 0 amide bonds. The quantitative estimate of drug-likeness (QED) is 0.791. The lowest BCUT2D eigenvalue weighted by molar-refractivity contribution is -0.137. The summed E-state index contributed by atoms with van der Waals surface area (Å²) in [5.41, 5.74) is 7.88. The molecule has 0 bridgehead atoms. The van der Waals surface area contributed by atoms with Crippen LogP contribution < -0.4 is 10.6 Å². The Kier molecular flexibility index (Phi) is 6.09. The molecule has 0 saturated carbocycles. The van der Waals surface area contributed by atoms with Crippen LogP contribution in [-0.4, -0.2) is 30.2 Å². The van der Waals surface area contributed by atoms with Crippen LogP contribution in [0.1, 0.15) is 25.8 Å². The van der Waals surface area contributed by atoms with E-state index < -0.39 is 12.0 Å². The topological polar surface area (TPSA) is 66.6 Å². The molecule has 0 saturated heterocycles. The number of rotatable bonds is 7. The van der Waals surface area contributed by atoms with Crippen molar-refractivity contribution in [3.05, 3.63) is 35.9 Å². The first-order chi connectivity index (χ1) is 9.06. The largest absolute Gasteiger partial charge is 0.481 e. The Morgan fingerprint density at radius 1 is 1.32 bits per heavy atom. The van der Waals surface area contributed by atoms with Crippen molar-refractivity contribution in [2.24, 2.45) is 5.73 Å². The van der Waals surface area contributed by atoms with Crippen molar-refractivity contribution >= 4 is 17.7 Å². The van der Waals surface area contributed by atoms with E-state index in [0.29, 0.717) is 0 Å². The predicted molar refractivity (Wildman–Crippen MR) is 79.3 cm³/mol. The average molecular weight is 262 g/mol. The number of carboxylic acid groups (broad SMARTS) is 1. The van der Waals surface area contributed by atoms with Crippen LogP contribution in [0.3, 0.4) is 0 Å². The third-order valence-corrected chi connectivity index (χ3v) is 2.97. The molecule has 0 aromatic heterocycles. The lowest BCUT2D eigenvalue weighted by Gasteiger charge is -2.20. The normalized spacial score (nSPS) is 12.6. The van der Waals surface area contributed by atoms with E-state index in [1.54, 1.807) is 6.08 Å². The summed E-state index contributed by atoms with van der Waals surface area (Å²) >= 11 is 0. The summed E-state index contributed by atoms with van der Waals surface area (Å²) in [6.07, 6.45) is 3.54. The minimum Gasteiger partial charge on any atom is -0.481 e. The summed E-state index contributed by atoms with van der Waals surface area (Å²) in [6.45, 7) is 6.22. The fraction of sp³-hybridized carbons (Fsp3) is 0.400. The monoisotopic (exact) mass is 262 g/mol. The Hall–Kier alpha value is -1.81. The van der Waals surface area contributed by atoms with Crippen molar-refractivity contribution in [2.45, 2.75) is 26.3 Å². The smallest absolute Gasteiger partial charge is 0.305 e. The molecule has 1 aromatic rings. The van der Waals surface area contributed by atoms with Gasteiger partial charge in [0, 0.05) is 24.8 Å². The van der Waals surface area contributed by atoms with Crippen molar-refractivity contribution in [3.63, 3.8) is 0 Å². The molecule has 0 aliphatic rings. The molecule has 1 unspecified atom stereocenters. The van der Waals surface area contributed by atoms with Crippen LogP contribution >= 0.6 is 0 Å². The second-order valence-corrected chi connectivity index (χ2v) is 4.38. The van der Waals surface area contributed by atoms with E-state index in [1.807, 2.05) is 18.2 Å². The SMILES string of the molecule is CCN(CC)c1ccc(/C=C/C(N)CC(=O)O)cc1. The molecule has 0 aliphatic heterocycles. The molecule has 1 atom stereocenters. The maximum Gasteiger partial charge on any atom is 0.305 e. The minimum absolute atomic E-state index is 0.0476. The van der Waals surface area contributed by atoms with Crippen LogP contribution in [0.2, 0.25) is 0 Å². The third kappa shape index (κ3) is 5.14. The van der Waals surface area contributed by atoms with Crippen molar-refractivity contribution < 1.29 is 9.90 Å². The minimum atomic E-state index is -0.881. The molecule has 0 heterocycles. The van der Waals surface area contributed by atoms with E-state index >= 15 is 0 Å². The van der Waals surface area contributed by atoms with Crippen LogP contribution in [-0.2, 0) is 4.79 Å². The maximum atomic E-state index is 10.5. The van der Waals surface area contributed by atoms with E-state index in [2.05, 4.69) is 30.9 Å². The van der Waals surface area contributed by atoms with Gasteiger partial charge >= 0.3 is 5.97 Å². The highest BCUT2D eigenvalue weighted by atomic mass is 16.4. The summed E-state index contributed by atoms with van der Waals surface area (Å²) < 4.78 is 0. The number of anilines is 1. The Labute approximate surface area is 114 Å². The van der Waals surface area contributed by atoms with E-state index in [9.17, 15) is 4.79 Å². The van der Waals surface area contributed by atoms with E-state index in [-0.39, 0.29) is 6.42 Å². The van der Waals surface area contributed by atoms with E-state index in [1.165, 1.54) is 5.69 Å². The Balaban J connectivity index is 2.66. The first kappa shape index (κ1) is 15.2. The standard InChI is InChI=1S/C15H22N2O2/c1-3-17(4-2)14-9-6-12(7-10-14)5-8-13(16)11-15(18)19/h5-10,13H,3-4,11,16H2,1-2H3,(H,18,19)/b8-5+. The van der Waals surface area contributed by atoms with Crippen LogP contribution in [0, 0.1) is 0 Å². The molecule has 104 valence electrons. The average Bonchev–Trinajstić information content (AvgIpc) is 2.38. The van der Waals surface area contributed by atoms with Crippen molar-refractivity contribution in [1.29, 1.82) is 0 Å². The summed E-state index contributed by atoms with van der Waals surface area (Å²) in [5, 5.41) is 8.61. The number of hydrogen-bond donors (Lipinski definition) is 2. The van der Waals surface area contributed by atoms with Crippen LogP contribution in [0.25, 0.3) is 6.08 Å². The molecular weight excluding hydrogens is 240 g/mol. The van der Waals surface area contributed by atoms with Gasteiger partial charge < -0.3 is 15.7 Å². The highest BCUT2D eigenvalue weighted by Crippen LogP contribution is 2.15. The van der Waals surface area contributed by atoms with Gasteiger partial charge in [0.25, 0.3) is 0 Å². The van der Waals surface area contributed by atoms with E-state index in [4.69, 9.17) is 10.8 Å². The molecule has 0 fully saturated rings. The fourth-order valence-electron chi connectivity index (χ4n) is 1.89. The Bertz CT molecular complexity index is 422. The maximum absolute atomic E-state index is 10.5. The Morgan fingerprint density at radius 2 is 1.89 bits per heavy atom. The number of aliphatic carboxylic acids is 1. The zero-order valence-corrected chi connectivity index (χ0v) is 11.5. The zero-order valence-electron chi connectivity index (χ0n) is 11.5. The van der Waals surface area contributed by atoms with Gasteiger partial charge in [-0.15, -0.1) is 0 Å².